The third kappa shape index (κ3) is 7.12. The van der Waals surface area contributed by atoms with Crippen LogP contribution >= 0.6 is 24.6 Å². The lowest BCUT2D eigenvalue weighted by Gasteiger charge is -2.22. The van der Waals surface area contributed by atoms with E-state index in [1.54, 1.807) is 59.4 Å². The maximum absolute atomic E-state index is 13.9. The van der Waals surface area contributed by atoms with Gasteiger partial charge in [0.25, 0.3) is 0 Å². The molecule has 0 fully saturated rings. The largest absolute Gasteiger partial charge is 0.490 e. The highest BCUT2D eigenvalue weighted by Gasteiger charge is 2.31. The average molecular weight is 594 g/mol. The normalized spacial score (nSPS) is 11.1. The second kappa shape index (κ2) is 13.3. The lowest BCUT2D eigenvalue weighted by atomic mass is 10.3. The van der Waals surface area contributed by atoms with E-state index < -0.39 is 7.60 Å². The average Bonchev–Trinajstić information content (AvgIpc) is 3.29. The van der Waals surface area contributed by atoms with Crippen LogP contribution in [0, 0.1) is 0 Å². The fraction of sp³-hybridized carbons (Fsp3) is 0.292. The van der Waals surface area contributed by atoms with Gasteiger partial charge in [0.15, 0.2) is 40.8 Å². The Morgan fingerprint density at radius 1 is 0.865 bits per heavy atom. The fourth-order valence-corrected chi connectivity index (χ4v) is 4.77. The summed E-state index contributed by atoms with van der Waals surface area (Å²) in [5.41, 5.74) is 6.94. The summed E-state index contributed by atoms with van der Waals surface area (Å²) in [7, 11) is -3.88. The number of ether oxygens (including phenoxy) is 3. The lowest BCUT2D eigenvalue weighted by molar-refractivity contribution is 0.151. The second-order valence-electron chi connectivity index (χ2n) is 7.46. The van der Waals surface area contributed by atoms with Crippen molar-refractivity contribution in [3.05, 3.63) is 61.2 Å². The number of para-hydroxylation sites is 4. The number of benzene rings is 2. The zero-order valence-electron chi connectivity index (χ0n) is 20.5. The number of halogens is 1. The monoisotopic (exact) mass is 593 g/mol. The zero-order valence-corrected chi connectivity index (χ0v) is 23.1. The molecule has 0 bridgehead atoms. The van der Waals surface area contributed by atoms with Crippen LogP contribution in [0.15, 0.2) is 61.2 Å². The number of anilines is 1. The molecule has 0 unspecified atom stereocenters. The van der Waals surface area contributed by atoms with Gasteiger partial charge in [0, 0.05) is 6.54 Å². The predicted molar refractivity (Wildman–Crippen MR) is 145 cm³/mol. The summed E-state index contributed by atoms with van der Waals surface area (Å²) in [4.78, 5) is 12.4. The maximum Gasteiger partial charge on any atom is 0.456 e. The Morgan fingerprint density at radius 2 is 1.43 bits per heavy atom. The highest BCUT2D eigenvalue weighted by molar-refractivity contribution is 8.93. The first-order valence-corrected chi connectivity index (χ1v) is 13.2. The van der Waals surface area contributed by atoms with Gasteiger partial charge in [-0.1, -0.05) is 24.3 Å². The van der Waals surface area contributed by atoms with Crippen LogP contribution in [0.25, 0.3) is 11.2 Å². The molecular formula is C24H29BrN5O6P. The van der Waals surface area contributed by atoms with Crippen molar-refractivity contribution in [1.82, 2.24) is 19.5 Å². The number of hydrogen-bond acceptors (Lipinski definition) is 10. The first-order valence-electron chi connectivity index (χ1n) is 11.4. The molecule has 2 N–H and O–H groups in total. The highest BCUT2D eigenvalue weighted by Crippen LogP contribution is 2.52. The molecule has 0 aliphatic carbocycles. The second-order valence-corrected chi connectivity index (χ2v) is 9.30. The maximum atomic E-state index is 13.9. The molecule has 0 amide bonds. The molecule has 198 valence electrons. The van der Waals surface area contributed by atoms with E-state index in [1.807, 2.05) is 13.8 Å². The molecule has 2 heterocycles. The Morgan fingerprint density at radius 3 is 2.00 bits per heavy atom. The molecular weight excluding hydrogens is 565 g/mol. The number of nitrogens with zero attached hydrogens (tertiary/aromatic N) is 4. The van der Waals surface area contributed by atoms with Gasteiger partial charge in [0.1, 0.15) is 11.8 Å². The van der Waals surface area contributed by atoms with Crippen molar-refractivity contribution in [1.29, 1.82) is 0 Å². The summed E-state index contributed by atoms with van der Waals surface area (Å²) in [5.74, 6) is 1.76. The zero-order chi connectivity index (χ0) is 25.4. The quantitative estimate of drug-likeness (QED) is 0.165. The van der Waals surface area contributed by atoms with Crippen molar-refractivity contribution < 1.29 is 27.8 Å². The topological polar surface area (TPSA) is 133 Å². The van der Waals surface area contributed by atoms with Crippen LogP contribution in [0.2, 0.25) is 0 Å². The van der Waals surface area contributed by atoms with Crippen molar-refractivity contribution in [2.24, 2.45) is 0 Å². The molecule has 0 saturated carbocycles. The summed E-state index contributed by atoms with van der Waals surface area (Å²) in [5, 5.41) is 0. The third-order valence-corrected chi connectivity index (χ3v) is 6.38. The number of fused-ring (bicyclic) bond motifs is 1. The molecule has 4 aromatic rings. The smallest absolute Gasteiger partial charge is 0.456 e. The van der Waals surface area contributed by atoms with Gasteiger partial charge in [-0.25, -0.2) is 19.5 Å². The van der Waals surface area contributed by atoms with E-state index in [9.17, 15) is 4.57 Å². The van der Waals surface area contributed by atoms with Gasteiger partial charge in [-0.2, -0.15) is 0 Å². The van der Waals surface area contributed by atoms with Crippen molar-refractivity contribution >= 4 is 41.6 Å². The Labute approximate surface area is 225 Å². The lowest BCUT2D eigenvalue weighted by Crippen LogP contribution is -2.12. The van der Waals surface area contributed by atoms with Crippen molar-refractivity contribution in [3.8, 4) is 23.0 Å². The van der Waals surface area contributed by atoms with Crippen LogP contribution in [0.4, 0.5) is 5.82 Å². The molecule has 0 saturated heterocycles. The first kappa shape index (κ1) is 28.2. The molecule has 13 heteroatoms. The fourth-order valence-electron chi connectivity index (χ4n) is 3.37. The SMILES string of the molecule is Br.CCOc1ccccc1OP(=O)(COCCn1cnc2c(N)ncnc21)Oc1ccccc1OCC. The van der Waals surface area contributed by atoms with E-state index >= 15 is 0 Å². The van der Waals surface area contributed by atoms with E-state index in [-0.39, 0.29) is 41.4 Å². The number of hydrogen-bond donors (Lipinski definition) is 1. The molecule has 0 aliphatic heterocycles. The number of imidazole rings is 1. The number of nitrogens with two attached hydrogens (primary N) is 1. The minimum Gasteiger partial charge on any atom is -0.490 e. The van der Waals surface area contributed by atoms with Gasteiger partial charge < -0.3 is 33.6 Å². The van der Waals surface area contributed by atoms with Crippen LogP contribution in [-0.2, 0) is 15.8 Å². The number of nitrogen functional groups attached to an aromatic ring is 1. The van der Waals surface area contributed by atoms with E-state index in [2.05, 4.69) is 15.0 Å². The molecule has 0 radical (unpaired) electrons. The standard InChI is InChI=1S/C24H28N5O6P.BrH/c1-3-32-18-9-5-7-11-20(18)34-36(30,35-21-12-8-6-10-19(21)33-4-2)17-31-14-13-29-16-28-22-23(25)26-15-27-24(22)29;/h5-12,15-16H,3-4,13-14,17H2,1-2H3,(H2,25,26,27);1H. The summed E-state index contributed by atoms with van der Waals surface area (Å²) < 4.78 is 44.6. The molecule has 0 atom stereocenters. The van der Waals surface area contributed by atoms with Gasteiger partial charge in [-0.15, -0.1) is 17.0 Å². The van der Waals surface area contributed by atoms with Crippen molar-refractivity contribution in [2.75, 3.05) is 31.9 Å². The van der Waals surface area contributed by atoms with Crippen molar-refractivity contribution in [2.45, 2.75) is 20.4 Å². The number of aromatic nitrogens is 4. The minimum absolute atomic E-state index is 0. The highest BCUT2D eigenvalue weighted by atomic mass is 79.9. The van der Waals surface area contributed by atoms with Gasteiger partial charge in [-0.05, 0) is 38.1 Å². The Kier molecular flexibility index (Phi) is 10.1. The summed E-state index contributed by atoms with van der Waals surface area (Å²) in [6, 6.07) is 13.9. The Balaban J connectivity index is 0.00000380. The Bertz CT molecular complexity index is 1300. The summed E-state index contributed by atoms with van der Waals surface area (Å²) in [6.45, 7) is 5.12. The van der Waals surface area contributed by atoms with Crippen LogP contribution < -0.4 is 24.3 Å². The van der Waals surface area contributed by atoms with E-state index in [1.165, 1.54) is 6.33 Å². The van der Waals surface area contributed by atoms with Crippen LogP contribution in [0.1, 0.15) is 13.8 Å². The molecule has 11 nitrogen and oxygen atoms in total. The van der Waals surface area contributed by atoms with Crippen LogP contribution in [0.5, 0.6) is 23.0 Å². The van der Waals surface area contributed by atoms with Gasteiger partial charge in [0.2, 0.25) is 0 Å². The summed E-state index contributed by atoms with van der Waals surface area (Å²) >= 11 is 0. The summed E-state index contributed by atoms with van der Waals surface area (Å²) in [6.07, 6.45) is 2.65. The molecule has 2 aromatic heterocycles. The Hall–Kier alpha value is -3.34. The van der Waals surface area contributed by atoms with Crippen LogP contribution in [-0.4, -0.2) is 45.7 Å². The predicted octanol–water partition coefficient (Wildman–Crippen LogP) is 5.11. The van der Waals surface area contributed by atoms with Crippen molar-refractivity contribution in [3.63, 3.8) is 0 Å². The van der Waals surface area contributed by atoms with Gasteiger partial charge >= 0.3 is 7.60 Å². The van der Waals surface area contributed by atoms with E-state index in [0.29, 0.717) is 48.2 Å². The third-order valence-electron chi connectivity index (χ3n) is 4.93. The van der Waals surface area contributed by atoms with Gasteiger partial charge in [-0.3, -0.25) is 0 Å². The van der Waals surface area contributed by atoms with Gasteiger partial charge in [0.05, 0.1) is 26.1 Å². The molecule has 0 aliphatic rings. The first-order chi connectivity index (χ1) is 17.5. The van der Waals surface area contributed by atoms with E-state index in [4.69, 9.17) is 29.0 Å². The molecule has 4 rings (SSSR count). The molecule has 0 spiro atoms. The minimum atomic E-state index is -3.88. The molecule has 2 aromatic carbocycles. The number of rotatable bonds is 13. The molecule has 37 heavy (non-hydrogen) atoms. The van der Waals surface area contributed by atoms with Crippen LogP contribution in [0.3, 0.4) is 0 Å². The van der Waals surface area contributed by atoms with E-state index in [0.717, 1.165) is 0 Å².